The molecular weight excluding hydrogens is 349 g/mol. The van der Waals surface area contributed by atoms with Gasteiger partial charge in [-0.15, -0.1) is 0 Å². The summed E-state index contributed by atoms with van der Waals surface area (Å²) >= 11 is 0. The number of hydrogen-bond donors (Lipinski definition) is 1. The lowest BCUT2D eigenvalue weighted by Crippen LogP contribution is -2.47. The van der Waals surface area contributed by atoms with Crippen LogP contribution in [0.15, 0.2) is 18.2 Å². The Morgan fingerprint density at radius 3 is 2.56 bits per heavy atom. The van der Waals surface area contributed by atoms with Crippen LogP contribution in [-0.4, -0.2) is 27.1 Å². The summed E-state index contributed by atoms with van der Waals surface area (Å²) in [5.74, 6) is -0.646. The highest BCUT2D eigenvalue weighted by molar-refractivity contribution is 7.84. The highest BCUT2D eigenvalue weighted by atomic mass is 32.2. The molecule has 1 N–H and O–H groups in total. The summed E-state index contributed by atoms with van der Waals surface area (Å²) in [4.78, 5) is 10.4. The highest BCUT2D eigenvalue weighted by Crippen LogP contribution is 2.31. The molecule has 0 fully saturated rings. The minimum absolute atomic E-state index is 0.0276. The van der Waals surface area contributed by atoms with Gasteiger partial charge in [0, 0.05) is 17.7 Å². The van der Waals surface area contributed by atoms with Crippen molar-refractivity contribution in [1.82, 2.24) is 4.72 Å². The molecule has 0 aliphatic carbocycles. The molecule has 25 heavy (non-hydrogen) atoms. The maximum absolute atomic E-state index is 14.4. The maximum atomic E-state index is 14.4. The zero-order chi connectivity index (χ0) is 19.3. The van der Waals surface area contributed by atoms with E-state index in [9.17, 15) is 18.7 Å². The molecule has 0 bridgehead atoms. The Labute approximate surface area is 148 Å². The van der Waals surface area contributed by atoms with Crippen LogP contribution < -0.4 is 4.72 Å². The number of nitrogens with zero attached hydrogens (tertiary/aromatic N) is 2. The molecule has 0 amide bonds. The Hall–Kier alpha value is -1.89. The predicted molar refractivity (Wildman–Crippen MR) is 92.5 cm³/mol. The molecule has 138 valence electrons. The molecule has 1 aromatic carbocycles. The monoisotopic (exact) mass is 371 g/mol. The first kappa shape index (κ1) is 21.2. The van der Waals surface area contributed by atoms with Crippen molar-refractivity contribution in [3.05, 3.63) is 39.7 Å². The van der Waals surface area contributed by atoms with Crippen molar-refractivity contribution in [2.45, 2.75) is 44.4 Å². The first-order valence-corrected chi connectivity index (χ1v) is 8.75. The van der Waals surface area contributed by atoms with Crippen LogP contribution in [0.25, 0.3) is 0 Å². The molecule has 0 saturated heterocycles. The molecule has 0 aliphatic heterocycles. The minimum atomic E-state index is -1.55. The second-order valence-corrected chi connectivity index (χ2v) is 8.66. The molecule has 0 aromatic heterocycles. The second-order valence-electron chi connectivity index (χ2n) is 6.70. The van der Waals surface area contributed by atoms with Crippen LogP contribution in [0.3, 0.4) is 0 Å². The average Bonchev–Trinajstić information content (AvgIpc) is 2.50. The van der Waals surface area contributed by atoms with Crippen molar-refractivity contribution < 1.29 is 18.3 Å². The van der Waals surface area contributed by atoms with E-state index in [-0.39, 0.29) is 30.9 Å². The normalized spacial score (nSPS) is 15.2. The molecule has 0 spiro atoms. The van der Waals surface area contributed by atoms with Gasteiger partial charge in [-0.3, -0.25) is 10.1 Å². The van der Waals surface area contributed by atoms with Gasteiger partial charge in [0.25, 0.3) is 5.69 Å². The van der Waals surface area contributed by atoms with Crippen LogP contribution >= 0.6 is 0 Å². The Morgan fingerprint density at radius 1 is 1.40 bits per heavy atom. The molecule has 0 saturated carbocycles. The van der Waals surface area contributed by atoms with Gasteiger partial charge < -0.3 is 4.74 Å². The third kappa shape index (κ3) is 5.85. The number of benzene rings is 1. The van der Waals surface area contributed by atoms with Gasteiger partial charge in [0.2, 0.25) is 0 Å². The fraction of sp³-hybridized carbons (Fsp3) is 0.562. The van der Waals surface area contributed by atoms with E-state index in [0.717, 1.165) is 18.2 Å². The number of halogens is 1. The molecule has 1 aromatic rings. The van der Waals surface area contributed by atoms with E-state index in [4.69, 9.17) is 10.00 Å². The third-order valence-corrected chi connectivity index (χ3v) is 5.29. The molecule has 0 heterocycles. The van der Waals surface area contributed by atoms with Crippen molar-refractivity contribution in [2.24, 2.45) is 0 Å². The number of nitro benzene ring substituents is 1. The number of hydrogen-bond acceptors (Lipinski definition) is 5. The van der Waals surface area contributed by atoms with Gasteiger partial charge in [-0.2, -0.15) is 5.26 Å². The lowest BCUT2D eigenvalue weighted by molar-refractivity contribution is -0.385. The number of nitriles is 1. The number of nitrogens with one attached hydrogen (secondary N) is 1. The van der Waals surface area contributed by atoms with E-state index in [1.54, 1.807) is 27.7 Å². The highest BCUT2D eigenvalue weighted by Gasteiger charge is 2.35. The molecule has 0 unspecified atom stereocenters. The van der Waals surface area contributed by atoms with Gasteiger partial charge in [0.1, 0.15) is 12.4 Å². The first-order valence-electron chi connectivity index (χ1n) is 7.60. The summed E-state index contributed by atoms with van der Waals surface area (Å²) in [6.45, 7) is 6.84. The zero-order valence-electron chi connectivity index (χ0n) is 14.7. The van der Waals surface area contributed by atoms with E-state index in [0.29, 0.717) is 0 Å². The Morgan fingerprint density at radius 2 is 2.04 bits per heavy atom. The van der Waals surface area contributed by atoms with Gasteiger partial charge in [-0.1, -0.05) is 0 Å². The van der Waals surface area contributed by atoms with Crippen LogP contribution in [0, 0.1) is 27.3 Å². The summed E-state index contributed by atoms with van der Waals surface area (Å²) in [6.07, 6.45) is 0.175. The van der Waals surface area contributed by atoms with Gasteiger partial charge >= 0.3 is 0 Å². The van der Waals surface area contributed by atoms with E-state index in [1.165, 1.54) is 0 Å². The molecule has 9 heteroatoms. The summed E-state index contributed by atoms with van der Waals surface area (Å²) in [5.41, 5.74) is -1.41. The van der Waals surface area contributed by atoms with E-state index in [2.05, 4.69) is 4.72 Å². The average molecular weight is 371 g/mol. The largest absolute Gasteiger partial charge is 0.366 e. The van der Waals surface area contributed by atoms with Gasteiger partial charge in [-0.25, -0.2) is 13.3 Å². The SMILES string of the molecule is CC(C)(C)[S@@](=O)N[C@@](C)(CCOCC#N)c1cc([N+](=O)[O-])ccc1F. The second kappa shape index (κ2) is 8.47. The molecule has 0 radical (unpaired) electrons. The molecule has 1 rings (SSSR count). The van der Waals surface area contributed by atoms with Crippen LogP contribution in [0.2, 0.25) is 0 Å². The summed E-state index contributed by atoms with van der Waals surface area (Å²) in [7, 11) is -1.55. The zero-order valence-corrected chi connectivity index (χ0v) is 15.5. The molecule has 7 nitrogen and oxygen atoms in total. The molecular formula is C16H22FN3O4S. The summed E-state index contributed by atoms with van der Waals surface area (Å²) in [5, 5.41) is 19.5. The van der Waals surface area contributed by atoms with Crippen molar-refractivity contribution in [3.8, 4) is 6.07 Å². The number of non-ortho nitro benzene ring substituents is 1. The quantitative estimate of drug-likeness (QED) is 0.430. The van der Waals surface area contributed by atoms with Crippen LogP contribution in [0.1, 0.15) is 39.7 Å². The Kier molecular flexibility index (Phi) is 7.17. The summed E-state index contributed by atoms with van der Waals surface area (Å²) < 4.78 is 34.3. The van der Waals surface area contributed by atoms with Gasteiger partial charge in [0.05, 0.1) is 38.9 Å². The minimum Gasteiger partial charge on any atom is -0.366 e. The topological polar surface area (TPSA) is 105 Å². The predicted octanol–water partition coefficient (Wildman–Crippen LogP) is 2.93. The first-order chi connectivity index (χ1) is 11.5. The Balaban J connectivity index is 3.26. The van der Waals surface area contributed by atoms with Crippen molar-refractivity contribution >= 4 is 16.7 Å². The summed E-state index contributed by atoms with van der Waals surface area (Å²) in [6, 6.07) is 5.05. The lowest BCUT2D eigenvalue weighted by atomic mass is 9.89. The van der Waals surface area contributed by atoms with E-state index < -0.39 is 32.0 Å². The van der Waals surface area contributed by atoms with Gasteiger partial charge in [-0.05, 0) is 40.2 Å². The third-order valence-electron chi connectivity index (χ3n) is 3.54. The Bertz CT molecular complexity index is 700. The smallest absolute Gasteiger partial charge is 0.269 e. The molecule has 2 atom stereocenters. The lowest BCUT2D eigenvalue weighted by Gasteiger charge is -2.34. The van der Waals surface area contributed by atoms with Crippen molar-refractivity contribution in [1.29, 1.82) is 5.26 Å². The fourth-order valence-corrected chi connectivity index (χ4v) is 2.97. The van der Waals surface area contributed by atoms with Gasteiger partial charge in [0.15, 0.2) is 0 Å². The molecule has 0 aliphatic rings. The van der Waals surface area contributed by atoms with Crippen molar-refractivity contribution in [2.75, 3.05) is 13.2 Å². The van der Waals surface area contributed by atoms with Crippen LogP contribution in [0.4, 0.5) is 10.1 Å². The number of ether oxygens (including phenoxy) is 1. The standard InChI is InChI=1S/C16H22FN3O4S/c1-15(2,3)25(23)19-16(4,7-9-24-10-8-18)13-11-12(20(21)22)5-6-14(13)17/h5-6,11,19H,7,9-10H2,1-4H3/t16-,25+/m0/s1. The van der Waals surface area contributed by atoms with Crippen molar-refractivity contribution in [3.63, 3.8) is 0 Å². The number of nitro groups is 1. The van der Waals surface area contributed by atoms with Crippen LogP contribution in [0.5, 0.6) is 0 Å². The van der Waals surface area contributed by atoms with E-state index >= 15 is 0 Å². The maximum Gasteiger partial charge on any atom is 0.269 e. The van der Waals surface area contributed by atoms with E-state index in [1.807, 2.05) is 6.07 Å². The van der Waals surface area contributed by atoms with Crippen LogP contribution in [-0.2, 0) is 21.3 Å². The fourth-order valence-electron chi connectivity index (χ4n) is 2.04. The number of rotatable bonds is 8.